The summed E-state index contributed by atoms with van der Waals surface area (Å²) in [6, 6.07) is 0. The van der Waals surface area contributed by atoms with E-state index < -0.39 is 0 Å². The van der Waals surface area contributed by atoms with Crippen molar-refractivity contribution >= 4 is 0 Å². The van der Waals surface area contributed by atoms with Crippen LogP contribution in [0.2, 0.25) is 0 Å². The number of rotatable bonds is 4. The van der Waals surface area contributed by atoms with Crippen LogP contribution in [0.4, 0.5) is 0 Å². The highest BCUT2D eigenvalue weighted by Gasteiger charge is 1.80. The Morgan fingerprint density at radius 3 is 1.43 bits per heavy atom. The topological polar surface area (TPSA) is 52.0 Å². The third-order valence-electron chi connectivity index (χ3n) is 0.908. The van der Waals surface area contributed by atoms with Gasteiger partial charge in [-0.1, -0.05) is 6.42 Å². The molecule has 2 nitrogen and oxygen atoms in total. The first kappa shape index (κ1) is 6.92. The molecular formula is C5H14N2. The van der Waals surface area contributed by atoms with Gasteiger partial charge in [-0.25, -0.2) is 0 Å². The average Bonchev–Trinajstić information content (AvgIpc) is 1.69. The van der Waals surface area contributed by atoms with Gasteiger partial charge in [-0.05, 0) is 25.9 Å². The number of nitrogens with two attached hydrogens (primary N) is 2. The zero-order valence-electron chi connectivity index (χ0n) is 4.69. The second-order valence-electron chi connectivity index (χ2n) is 1.64. The summed E-state index contributed by atoms with van der Waals surface area (Å²) in [5.74, 6) is 0. The van der Waals surface area contributed by atoms with E-state index >= 15 is 0 Å². The van der Waals surface area contributed by atoms with Crippen LogP contribution in [0.1, 0.15) is 19.3 Å². The Labute approximate surface area is 44.9 Å². The summed E-state index contributed by atoms with van der Waals surface area (Å²) < 4.78 is 0. The second kappa shape index (κ2) is 5.92. The van der Waals surface area contributed by atoms with Gasteiger partial charge in [0, 0.05) is 0 Å². The molecule has 44 valence electrons. The molecule has 0 heterocycles. The Bertz CT molecular complexity index is 25.3. The minimum atomic E-state index is 0.806. The van der Waals surface area contributed by atoms with E-state index in [0.717, 1.165) is 25.9 Å². The highest BCUT2D eigenvalue weighted by molar-refractivity contribution is 4.41. The summed E-state index contributed by atoms with van der Waals surface area (Å²) in [5, 5.41) is 0. The van der Waals surface area contributed by atoms with Gasteiger partial charge in [0.15, 0.2) is 0 Å². The molecule has 0 aliphatic carbocycles. The molecule has 0 saturated heterocycles. The Balaban J connectivity index is 2.45. The van der Waals surface area contributed by atoms with Gasteiger partial charge in [-0.2, -0.15) is 0 Å². The lowest BCUT2D eigenvalue weighted by molar-refractivity contribution is 0.695. The molecule has 4 N–H and O–H groups in total. The Hall–Kier alpha value is -0.0800. The molecule has 0 aliphatic rings. The van der Waals surface area contributed by atoms with Crippen LogP contribution in [-0.2, 0) is 0 Å². The Morgan fingerprint density at radius 2 is 1.14 bits per heavy atom. The summed E-state index contributed by atoms with van der Waals surface area (Å²) in [5.41, 5.74) is 10.5. The summed E-state index contributed by atoms with van der Waals surface area (Å²) in [6.45, 7) is 1.61. The third kappa shape index (κ3) is 5.92. The molecular weight excluding hydrogens is 90.1 g/mol. The molecule has 0 atom stereocenters. The van der Waals surface area contributed by atoms with Crippen molar-refractivity contribution in [3.8, 4) is 0 Å². The van der Waals surface area contributed by atoms with E-state index in [2.05, 4.69) is 0 Å². The number of unbranched alkanes of at least 4 members (excludes halogenated alkanes) is 2. The molecule has 7 heavy (non-hydrogen) atoms. The Morgan fingerprint density at radius 1 is 0.714 bits per heavy atom. The first-order chi connectivity index (χ1) is 3.41. The molecule has 0 spiro atoms. The van der Waals surface area contributed by atoms with Crippen molar-refractivity contribution in [2.75, 3.05) is 13.1 Å². The van der Waals surface area contributed by atoms with Crippen LogP contribution < -0.4 is 11.5 Å². The van der Waals surface area contributed by atoms with Crippen LogP contribution >= 0.6 is 0 Å². The van der Waals surface area contributed by atoms with Crippen molar-refractivity contribution < 1.29 is 0 Å². The third-order valence-corrected chi connectivity index (χ3v) is 0.908. The van der Waals surface area contributed by atoms with Gasteiger partial charge in [0.25, 0.3) is 0 Å². The lowest BCUT2D eigenvalue weighted by Gasteiger charge is -1.91. The monoisotopic (exact) mass is 104 g/mol. The van der Waals surface area contributed by atoms with Crippen LogP contribution in [0.3, 0.4) is 0 Å². The van der Waals surface area contributed by atoms with Crippen molar-refractivity contribution in [1.29, 1.82) is 0 Å². The van der Waals surface area contributed by atoms with Gasteiger partial charge in [0.05, 0.1) is 0 Å². The van der Waals surface area contributed by atoms with Crippen LogP contribution in [0, 0.1) is 0 Å². The van der Waals surface area contributed by atoms with E-state index in [1.165, 1.54) is 6.42 Å². The van der Waals surface area contributed by atoms with Gasteiger partial charge in [-0.15, -0.1) is 0 Å². The second-order valence-corrected chi connectivity index (χ2v) is 1.64. The minimum absolute atomic E-state index is 0.806. The summed E-state index contributed by atoms with van der Waals surface area (Å²) in [4.78, 5) is 0. The zero-order chi connectivity index (χ0) is 5.54. The smallest absolute Gasteiger partial charge is 0.00773 e. The van der Waals surface area contributed by atoms with E-state index in [1.54, 1.807) is 0 Å². The Kier molecular flexibility index (Phi) is 5.85. The fraction of sp³-hybridized carbons (Fsp3) is 1.00. The summed E-state index contributed by atoms with van der Waals surface area (Å²) in [7, 11) is 0. The van der Waals surface area contributed by atoms with E-state index in [-0.39, 0.29) is 0 Å². The molecule has 0 amide bonds. The molecule has 0 radical (unpaired) electrons. The standard InChI is InChI=1S/C5H14N2/c6-4-2-1-3-5-7/h1-7H2/i6+1,7+1. The SMILES string of the molecule is [15NH2]CCCCC[15NH2]. The predicted molar refractivity (Wildman–Crippen MR) is 32.0 cm³/mol. The summed E-state index contributed by atoms with van der Waals surface area (Å²) in [6.07, 6.45) is 3.43. The molecule has 0 aromatic carbocycles. The maximum Gasteiger partial charge on any atom is -0.00773 e. The highest BCUT2D eigenvalue weighted by atomic mass is 15.3. The van der Waals surface area contributed by atoms with Gasteiger partial charge < -0.3 is 11.5 Å². The molecule has 0 unspecified atom stereocenters. The van der Waals surface area contributed by atoms with Gasteiger partial charge in [-0.3, -0.25) is 0 Å². The maximum atomic E-state index is 5.23. The highest BCUT2D eigenvalue weighted by Crippen LogP contribution is 1.88. The van der Waals surface area contributed by atoms with Crippen LogP contribution in [0.5, 0.6) is 0 Å². The van der Waals surface area contributed by atoms with Crippen LogP contribution in [0.25, 0.3) is 0 Å². The maximum absolute atomic E-state index is 5.23. The van der Waals surface area contributed by atoms with Gasteiger partial charge >= 0.3 is 0 Å². The van der Waals surface area contributed by atoms with Crippen molar-refractivity contribution in [3.05, 3.63) is 0 Å². The zero-order valence-corrected chi connectivity index (χ0v) is 4.69. The molecule has 0 bridgehead atoms. The fourth-order valence-corrected chi connectivity index (χ4v) is 0.465. The normalized spacial score (nSPS) is 9.43. The molecule has 0 aliphatic heterocycles. The van der Waals surface area contributed by atoms with Crippen LogP contribution in [-0.4, -0.2) is 13.1 Å². The lowest BCUT2D eigenvalue weighted by atomic mass is 10.2. The average molecular weight is 104 g/mol. The van der Waals surface area contributed by atoms with Crippen molar-refractivity contribution in [1.82, 2.24) is 0 Å². The molecule has 0 aromatic heterocycles. The quantitative estimate of drug-likeness (QED) is 0.392. The predicted octanol–water partition coefficient (Wildman–Crippen LogP) is 0.0741. The van der Waals surface area contributed by atoms with Crippen molar-refractivity contribution in [2.45, 2.75) is 19.3 Å². The van der Waals surface area contributed by atoms with E-state index in [4.69, 9.17) is 11.5 Å². The number of hydrogen-bond acceptors (Lipinski definition) is 2. The van der Waals surface area contributed by atoms with Crippen molar-refractivity contribution in [2.24, 2.45) is 11.5 Å². The fourth-order valence-electron chi connectivity index (χ4n) is 0.465. The van der Waals surface area contributed by atoms with Gasteiger partial charge in [0.1, 0.15) is 0 Å². The van der Waals surface area contributed by atoms with Crippen molar-refractivity contribution in [3.63, 3.8) is 0 Å². The summed E-state index contributed by atoms with van der Waals surface area (Å²) >= 11 is 0. The van der Waals surface area contributed by atoms with E-state index in [1.807, 2.05) is 0 Å². The van der Waals surface area contributed by atoms with E-state index in [9.17, 15) is 0 Å². The minimum Gasteiger partial charge on any atom is -0.330 e. The largest absolute Gasteiger partial charge is 0.330 e. The number of hydrogen-bond donors (Lipinski definition) is 2. The molecule has 0 aromatic rings. The molecule has 2 heteroatoms. The molecule has 0 saturated carbocycles. The molecule has 0 rings (SSSR count). The van der Waals surface area contributed by atoms with E-state index in [0.29, 0.717) is 0 Å². The molecule has 0 fully saturated rings. The first-order valence-corrected chi connectivity index (χ1v) is 2.82. The van der Waals surface area contributed by atoms with Crippen LogP contribution in [0.15, 0.2) is 0 Å². The first-order valence-electron chi connectivity index (χ1n) is 2.82. The van der Waals surface area contributed by atoms with Gasteiger partial charge in [0.2, 0.25) is 0 Å². The lowest BCUT2D eigenvalue weighted by Crippen LogP contribution is -2.02.